The number of esters is 1. The Balaban J connectivity index is 1.50. The Bertz CT molecular complexity index is 959. The van der Waals surface area contributed by atoms with Crippen molar-refractivity contribution >= 4 is 23.4 Å². The van der Waals surface area contributed by atoms with Crippen molar-refractivity contribution in [3.05, 3.63) is 83.6 Å². The Labute approximate surface area is 169 Å². The van der Waals surface area contributed by atoms with Crippen LogP contribution in [-0.2, 0) is 11.2 Å². The van der Waals surface area contributed by atoms with Crippen LogP contribution in [0, 0.1) is 0 Å². The zero-order valence-electron chi connectivity index (χ0n) is 16.1. The molecule has 2 aromatic carbocycles. The van der Waals surface area contributed by atoms with Gasteiger partial charge in [0.1, 0.15) is 5.82 Å². The van der Waals surface area contributed by atoms with E-state index in [0.717, 1.165) is 19.4 Å². The highest BCUT2D eigenvalue weighted by Crippen LogP contribution is 2.13. The second kappa shape index (κ2) is 9.98. The second-order valence-electron chi connectivity index (χ2n) is 6.35. The van der Waals surface area contributed by atoms with E-state index >= 15 is 0 Å². The maximum atomic E-state index is 12.3. The molecule has 0 saturated carbocycles. The fourth-order valence-corrected chi connectivity index (χ4v) is 2.74. The lowest BCUT2D eigenvalue weighted by atomic mass is 10.1. The van der Waals surface area contributed by atoms with E-state index in [0.29, 0.717) is 17.1 Å². The van der Waals surface area contributed by atoms with Crippen molar-refractivity contribution in [2.45, 2.75) is 12.8 Å². The van der Waals surface area contributed by atoms with Gasteiger partial charge in [0, 0.05) is 12.2 Å². The highest BCUT2D eigenvalue weighted by Gasteiger charge is 2.11. The van der Waals surface area contributed by atoms with Crippen LogP contribution in [0.15, 0.2) is 66.7 Å². The van der Waals surface area contributed by atoms with E-state index in [2.05, 4.69) is 37.7 Å². The molecule has 7 nitrogen and oxygen atoms in total. The average molecular weight is 390 g/mol. The summed E-state index contributed by atoms with van der Waals surface area (Å²) in [6.07, 6.45) is 1.94. The van der Waals surface area contributed by atoms with Crippen molar-refractivity contribution in [2.24, 2.45) is 0 Å². The number of benzene rings is 2. The molecule has 148 valence electrons. The first-order chi connectivity index (χ1) is 14.2. The molecule has 0 radical (unpaired) electrons. The number of carbonyl (C=O) groups is 2. The topological polar surface area (TPSA) is 93.2 Å². The van der Waals surface area contributed by atoms with Crippen LogP contribution in [0.1, 0.15) is 32.8 Å². The number of methoxy groups -OCH3 is 1. The van der Waals surface area contributed by atoms with Crippen molar-refractivity contribution in [2.75, 3.05) is 24.3 Å². The van der Waals surface area contributed by atoms with Crippen LogP contribution in [-0.4, -0.2) is 35.7 Å². The normalized spacial score (nSPS) is 10.2. The molecule has 2 N–H and O–H groups in total. The number of carbonyl (C=O) groups excluding carboxylic acids is 2. The Morgan fingerprint density at radius 1 is 0.966 bits per heavy atom. The van der Waals surface area contributed by atoms with E-state index in [1.165, 1.54) is 12.7 Å². The van der Waals surface area contributed by atoms with Gasteiger partial charge in [-0.1, -0.05) is 36.4 Å². The minimum absolute atomic E-state index is 0.184. The molecular weight excluding hydrogens is 368 g/mol. The zero-order chi connectivity index (χ0) is 20.5. The van der Waals surface area contributed by atoms with Gasteiger partial charge >= 0.3 is 5.97 Å². The van der Waals surface area contributed by atoms with Gasteiger partial charge in [0.05, 0.1) is 12.7 Å². The van der Waals surface area contributed by atoms with Crippen LogP contribution in [0.2, 0.25) is 0 Å². The smallest absolute Gasteiger partial charge is 0.337 e. The number of amides is 1. The van der Waals surface area contributed by atoms with Crippen LogP contribution in [0.4, 0.5) is 11.5 Å². The number of anilines is 2. The van der Waals surface area contributed by atoms with Gasteiger partial charge in [-0.15, -0.1) is 10.2 Å². The standard InChI is InChI=1S/C22H22N4O3/c1-29-22(28)17-10-5-11-18(15-17)24-21(27)19-12-13-20(26-25-19)23-14-6-9-16-7-3-2-4-8-16/h2-5,7-8,10-13,15H,6,9,14H2,1H3,(H,23,26)(H,24,27). The monoisotopic (exact) mass is 390 g/mol. The molecule has 0 saturated heterocycles. The van der Waals surface area contributed by atoms with Gasteiger partial charge in [-0.3, -0.25) is 4.79 Å². The lowest BCUT2D eigenvalue weighted by molar-refractivity contribution is 0.0600. The highest BCUT2D eigenvalue weighted by molar-refractivity contribution is 6.03. The Morgan fingerprint density at radius 2 is 1.79 bits per heavy atom. The Hall–Kier alpha value is -3.74. The molecule has 29 heavy (non-hydrogen) atoms. The fraction of sp³-hybridized carbons (Fsp3) is 0.182. The minimum atomic E-state index is -0.469. The summed E-state index contributed by atoms with van der Waals surface area (Å²) in [4.78, 5) is 23.9. The van der Waals surface area contributed by atoms with Gasteiger partial charge < -0.3 is 15.4 Å². The van der Waals surface area contributed by atoms with Crippen LogP contribution >= 0.6 is 0 Å². The van der Waals surface area contributed by atoms with Crippen LogP contribution in [0.25, 0.3) is 0 Å². The predicted molar refractivity (Wildman–Crippen MR) is 111 cm³/mol. The van der Waals surface area contributed by atoms with Crippen LogP contribution in [0.5, 0.6) is 0 Å². The number of hydrogen-bond acceptors (Lipinski definition) is 6. The quantitative estimate of drug-likeness (QED) is 0.451. The van der Waals surface area contributed by atoms with Crippen LogP contribution in [0.3, 0.4) is 0 Å². The van der Waals surface area contributed by atoms with Crippen molar-refractivity contribution in [1.29, 1.82) is 0 Å². The molecule has 0 unspecified atom stereocenters. The third-order valence-corrected chi connectivity index (χ3v) is 4.23. The molecule has 0 aliphatic carbocycles. The lowest BCUT2D eigenvalue weighted by Crippen LogP contribution is -2.15. The molecule has 1 heterocycles. The van der Waals surface area contributed by atoms with E-state index in [-0.39, 0.29) is 5.69 Å². The van der Waals surface area contributed by atoms with Gasteiger partial charge in [-0.2, -0.15) is 0 Å². The molecule has 0 bridgehead atoms. The summed E-state index contributed by atoms with van der Waals surface area (Å²) in [5.74, 6) is -0.263. The van der Waals surface area contributed by atoms with E-state index in [9.17, 15) is 9.59 Å². The van der Waals surface area contributed by atoms with E-state index in [4.69, 9.17) is 0 Å². The summed E-state index contributed by atoms with van der Waals surface area (Å²) in [6.45, 7) is 0.759. The summed E-state index contributed by atoms with van der Waals surface area (Å²) in [7, 11) is 1.31. The third kappa shape index (κ3) is 5.87. The van der Waals surface area contributed by atoms with Gasteiger partial charge in [0.2, 0.25) is 0 Å². The maximum absolute atomic E-state index is 12.3. The van der Waals surface area contributed by atoms with E-state index < -0.39 is 11.9 Å². The van der Waals surface area contributed by atoms with Crippen LogP contribution < -0.4 is 10.6 Å². The summed E-state index contributed by atoms with van der Waals surface area (Å²) < 4.78 is 4.68. The van der Waals surface area contributed by atoms with Gasteiger partial charge in [0.15, 0.2) is 5.69 Å². The number of rotatable bonds is 8. The summed E-state index contributed by atoms with van der Waals surface area (Å²) in [6, 6.07) is 20.1. The Kier molecular flexibility index (Phi) is 6.89. The molecule has 0 atom stereocenters. The number of hydrogen-bond donors (Lipinski definition) is 2. The molecule has 1 aromatic heterocycles. The zero-order valence-corrected chi connectivity index (χ0v) is 16.1. The highest BCUT2D eigenvalue weighted by atomic mass is 16.5. The molecule has 1 amide bonds. The minimum Gasteiger partial charge on any atom is -0.465 e. The van der Waals surface area contributed by atoms with Crippen molar-refractivity contribution in [3.8, 4) is 0 Å². The summed E-state index contributed by atoms with van der Waals surface area (Å²) in [5.41, 5.74) is 2.31. The molecule has 7 heteroatoms. The molecule has 0 fully saturated rings. The third-order valence-electron chi connectivity index (χ3n) is 4.23. The SMILES string of the molecule is COC(=O)c1cccc(NC(=O)c2ccc(NCCCc3ccccc3)nn2)c1. The fourth-order valence-electron chi connectivity index (χ4n) is 2.74. The summed E-state index contributed by atoms with van der Waals surface area (Å²) in [5, 5.41) is 13.9. The van der Waals surface area contributed by atoms with E-state index in [1.807, 2.05) is 18.2 Å². The maximum Gasteiger partial charge on any atom is 0.337 e. The van der Waals surface area contributed by atoms with Crippen molar-refractivity contribution < 1.29 is 14.3 Å². The molecule has 0 aliphatic heterocycles. The first-order valence-electron chi connectivity index (χ1n) is 9.27. The van der Waals surface area contributed by atoms with Gasteiger partial charge in [-0.25, -0.2) is 4.79 Å². The van der Waals surface area contributed by atoms with Gasteiger partial charge in [0.25, 0.3) is 5.91 Å². The first kappa shape index (κ1) is 20.0. The number of nitrogens with zero attached hydrogens (tertiary/aromatic N) is 2. The predicted octanol–water partition coefficient (Wildman–Crippen LogP) is 3.56. The molecule has 0 spiro atoms. The lowest BCUT2D eigenvalue weighted by Gasteiger charge is -2.07. The molecule has 3 rings (SSSR count). The molecule has 0 aliphatic rings. The van der Waals surface area contributed by atoms with E-state index in [1.54, 1.807) is 36.4 Å². The van der Waals surface area contributed by atoms with Crippen molar-refractivity contribution in [1.82, 2.24) is 10.2 Å². The van der Waals surface area contributed by atoms with Crippen molar-refractivity contribution in [3.63, 3.8) is 0 Å². The average Bonchev–Trinajstić information content (AvgIpc) is 2.77. The number of aromatic nitrogens is 2. The molecule has 3 aromatic rings. The largest absolute Gasteiger partial charge is 0.465 e. The summed E-state index contributed by atoms with van der Waals surface area (Å²) >= 11 is 0. The Morgan fingerprint density at radius 3 is 2.52 bits per heavy atom. The number of nitrogens with one attached hydrogen (secondary N) is 2. The molecular formula is C22H22N4O3. The number of ether oxygens (including phenoxy) is 1. The van der Waals surface area contributed by atoms with Gasteiger partial charge in [-0.05, 0) is 48.7 Å². The second-order valence-corrected chi connectivity index (χ2v) is 6.35. The first-order valence-corrected chi connectivity index (χ1v) is 9.27. The number of aryl methyl sites for hydroxylation is 1.